The second kappa shape index (κ2) is 7.24. The Morgan fingerprint density at radius 3 is 2.55 bits per heavy atom. The molecule has 0 saturated heterocycles. The van der Waals surface area contributed by atoms with Crippen molar-refractivity contribution >= 4 is 27.6 Å². The summed E-state index contributed by atoms with van der Waals surface area (Å²) in [4.78, 5) is 8.55. The first kappa shape index (κ1) is 14.8. The van der Waals surface area contributed by atoms with Crippen molar-refractivity contribution in [3.8, 4) is 0 Å². The number of hydrogen-bond donors (Lipinski definition) is 2. The summed E-state index contributed by atoms with van der Waals surface area (Å²) in [6.07, 6.45) is 2.63. The summed E-state index contributed by atoms with van der Waals surface area (Å²) in [5.41, 5.74) is 1.22. The lowest BCUT2D eigenvalue weighted by molar-refractivity contribution is 0.868. The van der Waals surface area contributed by atoms with E-state index < -0.39 is 0 Å². The predicted octanol–water partition coefficient (Wildman–Crippen LogP) is 4.23. The van der Waals surface area contributed by atoms with Crippen LogP contribution in [0.4, 0.5) is 11.6 Å². The Hall–Kier alpha value is -1.62. The lowest BCUT2D eigenvalue weighted by Gasteiger charge is -2.17. The minimum atomic E-state index is 0.182. The summed E-state index contributed by atoms with van der Waals surface area (Å²) in [5, 5.41) is 6.68. The van der Waals surface area contributed by atoms with Gasteiger partial charge in [0.05, 0.1) is 0 Å². The average molecular weight is 335 g/mol. The summed E-state index contributed by atoms with van der Waals surface area (Å²) >= 11 is 3.56. The third-order valence-corrected chi connectivity index (χ3v) is 3.74. The average Bonchev–Trinajstić information content (AvgIpc) is 2.49. The maximum absolute atomic E-state index is 4.30. The Morgan fingerprint density at radius 2 is 1.85 bits per heavy atom. The van der Waals surface area contributed by atoms with E-state index in [4.69, 9.17) is 0 Å². The van der Waals surface area contributed by atoms with Crippen molar-refractivity contribution in [2.45, 2.75) is 26.3 Å². The maximum Gasteiger partial charge on any atom is 0.146 e. The maximum atomic E-state index is 4.30. The molecule has 2 N–H and O–H groups in total. The number of nitrogens with one attached hydrogen (secondary N) is 2. The first-order valence-corrected chi connectivity index (χ1v) is 7.57. The zero-order valence-corrected chi connectivity index (χ0v) is 13.3. The van der Waals surface area contributed by atoms with Gasteiger partial charge in [0.1, 0.15) is 22.4 Å². The van der Waals surface area contributed by atoms with Crippen LogP contribution in [0.3, 0.4) is 0 Å². The normalized spacial score (nSPS) is 11.9. The molecule has 1 atom stereocenters. The second-order valence-electron chi connectivity index (χ2n) is 4.59. The standard InChI is InChI=1S/C15H19BrN4/c1-3-9-17-14-13(16)15(19-10-18-14)20-11(2)12-7-5-4-6-8-12/h4-8,10-11H,3,9H2,1-2H3,(H2,17,18,19,20). The van der Waals surface area contributed by atoms with Crippen molar-refractivity contribution in [1.82, 2.24) is 9.97 Å². The molecule has 0 aliphatic rings. The molecule has 0 bridgehead atoms. The number of nitrogens with zero attached hydrogens (tertiary/aromatic N) is 2. The van der Waals surface area contributed by atoms with Gasteiger partial charge in [-0.25, -0.2) is 9.97 Å². The molecule has 2 rings (SSSR count). The van der Waals surface area contributed by atoms with Gasteiger partial charge < -0.3 is 10.6 Å². The second-order valence-corrected chi connectivity index (χ2v) is 5.38. The third-order valence-electron chi connectivity index (χ3n) is 2.98. The van der Waals surface area contributed by atoms with Crippen molar-refractivity contribution in [3.05, 3.63) is 46.7 Å². The number of anilines is 2. The first-order valence-electron chi connectivity index (χ1n) is 6.78. The topological polar surface area (TPSA) is 49.8 Å². The van der Waals surface area contributed by atoms with Crippen molar-refractivity contribution < 1.29 is 0 Å². The van der Waals surface area contributed by atoms with E-state index in [0.717, 1.165) is 29.1 Å². The fourth-order valence-electron chi connectivity index (χ4n) is 1.87. The molecule has 1 heterocycles. The Morgan fingerprint density at radius 1 is 1.15 bits per heavy atom. The van der Waals surface area contributed by atoms with E-state index in [9.17, 15) is 0 Å². The van der Waals surface area contributed by atoms with Gasteiger partial charge in [-0.2, -0.15) is 0 Å². The summed E-state index contributed by atoms with van der Waals surface area (Å²) in [5.74, 6) is 1.62. The number of rotatable bonds is 6. The van der Waals surface area contributed by atoms with Gasteiger partial charge in [0, 0.05) is 12.6 Å². The number of benzene rings is 1. The van der Waals surface area contributed by atoms with Crippen LogP contribution in [0.15, 0.2) is 41.1 Å². The van der Waals surface area contributed by atoms with Crippen LogP contribution in [0.2, 0.25) is 0 Å². The van der Waals surface area contributed by atoms with Gasteiger partial charge in [-0.3, -0.25) is 0 Å². The summed E-state index contributed by atoms with van der Waals surface area (Å²) < 4.78 is 0.872. The lowest BCUT2D eigenvalue weighted by atomic mass is 10.1. The van der Waals surface area contributed by atoms with Crippen LogP contribution in [0.1, 0.15) is 31.9 Å². The van der Waals surface area contributed by atoms with Gasteiger partial charge in [-0.05, 0) is 34.8 Å². The van der Waals surface area contributed by atoms with Gasteiger partial charge >= 0.3 is 0 Å². The minimum absolute atomic E-state index is 0.182. The highest BCUT2D eigenvalue weighted by molar-refractivity contribution is 9.10. The number of aromatic nitrogens is 2. The van der Waals surface area contributed by atoms with Gasteiger partial charge in [0.25, 0.3) is 0 Å². The third kappa shape index (κ3) is 3.70. The van der Waals surface area contributed by atoms with E-state index in [1.165, 1.54) is 5.56 Å². The molecule has 0 radical (unpaired) electrons. The molecular formula is C15H19BrN4. The molecular weight excluding hydrogens is 316 g/mol. The molecule has 0 aliphatic carbocycles. The van der Waals surface area contributed by atoms with Crippen LogP contribution in [0, 0.1) is 0 Å². The van der Waals surface area contributed by atoms with Crippen LogP contribution in [0.25, 0.3) is 0 Å². The zero-order chi connectivity index (χ0) is 14.4. The Balaban J connectivity index is 2.13. The quantitative estimate of drug-likeness (QED) is 0.829. The molecule has 0 amide bonds. The van der Waals surface area contributed by atoms with E-state index >= 15 is 0 Å². The van der Waals surface area contributed by atoms with Crippen LogP contribution < -0.4 is 10.6 Å². The Bertz CT molecular complexity index is 545. The number of hydrogen-bond acceptors (Lipinski definition) is 4. The molecule has 20 heavy (non-hydrogen) atoms. The zero-order valence-electron chi connectivity index (χ0n) is 11.7. The fourth-order valence-corrected chi connectivity index (χ4v) is 2.33. The largest absolute Gasteiger partial charge is 0.369 e. The van der Waals surface area contributed by atoms with Crippen LogP contribution in [-0.4, -0.2) is 16.5 Å². The SMILES string of the molecule is CCCNc1ncnc(NC(C)c2ccccc2)c1Br. The molecule has 2 aromatic rings. The lowest BCUT2D eigenvalue weighted by Crippen LogP contribution is -2.10. The molecule has 0 spiro atoms. The van der Waals surface area contributed by atoms with E-state index in [0.29, 0.717) is 0 Å². The van der Waals surface area contributed by atoms with Crippen LogP contribution >= 0.6 is 15.9 Å². The number of halogens is 1. The van der Waals surface area contributed by atoms with E-state index in [1.807, 2.05) is 18.2 Å². The van der Waals surface area contributed by atoms with Crippen molar-refractivity contribution in [1.29, 1.82) is 0 Å². The highest BCUT2D eigenvalue weighted by atomic mass is 79.9. The molecule has 0 saturated carbocycles. The highest BCUT2D eigenvalue weighted by Gasteiger charge is 2.11. The van der Waals surface area contributed by atoms with E-state index in [2.05, 4.69) is 62.5 Å². The van der Waals surface area contributed by atoms with E-state index in [1.54, 1.807) is 6.33 Å². The summed E-state index contributed by atoms with van der Waals surface area (Å²) in [6, 6.07) is 10.5. The van der Waals surface area contributed by atoms with Gasteiger partial charge in [-0.1, -0.05) is 37.3 Å². The van der Waals surface area contributed by atoms with Gasteiger partial charge in [0.2, 0.25) is 0 Å². The van der Waals surface area contributed by atoms with Gasteiger partial charge in [-0.15, -0.1) is 0 Å². The Kier molecular flexibility index (Phi) is 5.35. The van der Waals surface area contributed by atoms with E-state index in [-0.39, 0.29) is 6.04 Å². The monoisotopic (exact) mass is 334 g/mol. The van der Waals surface area contributed by atoms with Crippen LogP contribution in [0.5, 0.6) is 0 Å². The molecule has 1 aromatic heterocycles. The molecule has 4 nitrogen and oxygen atoms in total. The van der Waals surface area contributed by atoms with Crippen molar-refractivity contribution in [2.24, 2.45) is 0 Å². The molecule has 5 heteroatoms. The fraction of sp³-hybridized carbons (Fsp3) is 0.333. The van der Waals surface area contributed by atoms with Crippen molar-refractivity contribution in [2.75, 3.05) is 17.2 Å². The molecule has 0 aliphatic heterocycles. The summed E-state index contributed by atoms with van der Waals surface area (Å²) in [7, 11) is 0. The molecule has 106 valence electrons. The summed E-state index contributed by atoms with van der Waals surface area (Å²) in [6.45, 7) is 5.13. The minimum Gasteiger partial charge on any atom is -0.369 e. The molecule has 1 aromatic carbocycles. The van der Waals surface area contributed by atoms with Crippen molar-refractivity contribution in [3.63, 3.8) is 0 Å². The smallest absolute Gasteiger partial charge is 0.146 e. The predicted molar refractivity (Wildman–Crippen MR) is 87.0 cm³/mol. The molecule has 1 unspecified atom stereocenters. The highest BCUT2D eigenvalue weighted by Crippen LogP contribution is 2.29. The van der Waals surface area contributed by atoms with Crippen LogP contribution in [-0.2, 0) is 0 Å². The van der Waals surface area contributed by atoms with Gasteiger partial charge in [0.15, 0.2) is 0 Å². The Labute approximate surface area is 128 Å². The molecule has 0 fully saturated rings. The first-order chi connectivity index (χ1) is 9.72.